The summed E-state index contributed by atoms with van der Waals surface area (Å²) < 4.78 is 0. The molecule has 0 aromatic heterocycles. The summed E-state index contributed by atoms with van der Waals surface area (Å²) in [7, 11) is 0. The zero-order chi connectivity index (χ0) is 10.6. The van der Waals surface area contributed by atoms with Crippen molar-refractivity contribution in [3.63, 3.8) is 0 Å². The number of hydrogen-bond acceptors (Lipinski definition) is 3. The van der Waals surface area contributed by atoms with Crippen molar-refractivity contribution < 1.29 is 4.84 Å². The molecule has 0 aliphatic heterocycles. The van der Waals surface area contributed by atoms with Crippen molar-refractivity contribution in [2.45, 2.75) is 58.1 Å². The highest BCUT2D eigenvalue weighted by Crippen LogP contribution is 2.24. The van der Waals surface area contributed by atoms with Crippen LogP contribution in [0.4, 0.5) is 0 Å². The first-order chi connectivity index (χ1) is 6.53. The molecule has 1 rings (SSSR count). The van der Waals surface area contributed by atoms with Gasteiger partial charge < -0.3 is 0 Å². The van der Waals surface area contributed by atoms with Crippen molar-refractivity contribution in [3.05, 3.63) is 0 Å². The topological polar surface area (TPSA) is 45.0 Å². The van der Waals surface area contributed by atoms with Gasteiger partial charge in [0.25, 0.3) is 0 Å². The average Bonchev–Trinajstić information content (AvgIpc) is 2.14. The second kappa shape index (κ2) is 4.77. The van der Waals surface area contributed by atoms with Gasteiger partial charge in [0, 0.05) is 6.04 Å². The van der Waals surface area contributed by atoms with Crippen molar-refractivity contribution >= 4 is 0 Å². The minimum atomic E-state index is -0.183. The van der Waals surface area contributed by atoms with Crippen molar-refractivity contribution in [1.29, 1.82) is 5.26 Å². The molecule has 80 valence electrons. The molecule has 1 N–H and O–H groups in total. The molecule has 1 aliphatic carbocycles. The van der Waals surface area contributed by atoms with Crippen molar-refractivity contribution in [2.75, 3.05) is 0 Å². The molecule has 1 aliphatic rings. The van der Waals surface area contributed by atoms with Crippen LogP contribution < -0.4 is 5.48 Å². The second-order valence-corrected chi connectivity index (χ2v) is 4.96. The molecule has 2 unspecified atom stereocenters. The van der Waals surface area contributed by atoms with Crippen LogP contribution in [0, 0.1) is 17.2 Å². The van der Waals surface area contributed by atoms with E-state index in [4.69, 9.17) is 10.1 Å². The minimum Gasteiger partial charge on any atom is -0.296 e. The largest absolute Gasteiger partial charge is 0.296 e. The van der Waals surface area contributed by atoms with E-state index in [0.29, 0.717) is 0 Å². The number of nitrogens with one attached hydrogen (secondary N) is 1. The van der Waals surface area contributed by atoms with Gasteiger partial charge in [-0.25, -0.2) is 0 Å². The number of hydrogen-bond donors (Lipinski definition) is 1. The molecule has 14 heavy (non-hydrogen) atoms. The highest BCUT2D eigenvalue weighted by Gasteiger charge is 2.26. The first kappa shape index (κ1) is 11.5. The van der Waals surface area contributed by atoms with Crippen LogP contribution in [0.2, 0.25) is 0 Å². The minimum absolute atomic E-state index is 0.117. The van der Waals surface area contributed by atoms with Crippen LogP contribution in [0.15, 0.2) is 0 Å². The van der Waals surface area contributed by atoms with Crippen LogP contribution in [0.5, 0.6) is 0 Å². The number of nitriles is 1. The Bertz CT molecular complexity index is 214. The Morgan fingerprint density at radius 3 is 2.50 bits per heavy atom. The van der Waals surface area contributed by atoms with E-state index < -0.39 is 0 Å². The normalized spacial score (nSPS) is 28.4. The Kier molecular flexibility index (Phi) is 3.91. The van der Waals surface area contributed by atoms with Crippen molar-refractivity contribution in [2.24, 2.45) is 5.92 Å². The predicted molar refractivity (Wildman–Crippen MR) is 55.3 cm³/mol. The zero-order valence-corrected chi connectivity index (χ0v) is 9.34. The first-order valence-electron chi connectivity index (χ1n) is 5.36. The van der Waals surface area contributed by atoms with E-state index in [0.717, 1.165) is 12.8 Å². The van der Waals surface area contributed by atoms with Gasteiger partial charge in [-0.3, -0.25) is 4.84 Å². The van der Waals surface area contributed by atoms with Gasteiger partial charge in [-0.05, 0) is 33.6 Å². The molecule has 3 heteroatoms. The van der Waals surface area contributed by atoms with E-state index in [9.17, 15) is 0 Å². The molecule has 3 nitrogen and oxygen atoms in total. The molecule has 1 saturated carbocycles. The van der Waals surface area contributed by atoms with E-state index in [2.05, 4.69) is 11.5 Å². The lowest BCUT2D eigenvalue weighted by Crippen LogP contribution is -2.42. The Labute approximate surface area is 86.4 Å². The molecule has 0 aromatic rings. The van der Waals surface area contributed by atoms with Crippen LogP contribution in [0.1, 0.15) is 46.5 Å². The van der Waals surface area contributed by atoms with Crippen LogP contribution in [-0.4, -0.2) is 11.6 Å². The SMILES string of the molecule is CC(C)(C)ONC1CCCCC1C#N. The van der Waals surface area contributed by atoms with Gasteiger partial charge in [-0.1, -0.05) is 12.8 Å². The number of hydroxylamine groups is 1. The Morgan fingerprint density at radius 2 is 1.93 bits per heavy atom. The molecule has 0 radical (unpaired) electrons. The van der Waals surface area contributed by atoms with Gasteiger partial charge in [-0.15, -0.1) is 0 Å². The molecule has 0 bridgehead atoms. The monoisotopic (exact) mass is 196 g/mol. The Balaban J connectivity index is 2.38. The molecule has 0 heterocycles. The summed E-state index contributed by atoms with van der Waals surface area (Å²) in [4.78, 5) is 5.50. The molecule has 0 spiro atoms. The fourth-order valence-electron chi connectivity index (χ4n) is 1.68. The fraction of sp³-hybridized carbons (Fsp3) is 0.909. The molecule has 2 atom stereocenters. The van der Waals surface area contributed by atoms with Gasteiger partial charge >= 0.3 is 0 Å². The van der Waals surface area contributed by atoms with Crippen molar-refractivity contribution in [3.8, 4) is 6.07 Å². The third-order valence-electron chi connectivity index (χ3n) is 2.45. The van der Waals surface area contributed by atoms with Crippen LogP contribution in [-0.2, 0) is 4.84 Å². The van der Waals surface area contributed by atoms with Gasteiger partial charge in [0.05, 0.1) is 17.6 Å². The quantitative estimate of drug-likeness (QED) is 0.690. The summed E-state index contributed by atoms with van der Waals surface area (Å²) in [6.45, 7) is 6.01. The first-order valence-corrected chi connectivity index (χ1v) is 5.36. The van der Waals surface area contributed by atoms with Crippen LogP contribution in [0.25, 0.3) is 0 Å². The summed E-state index contributed by atoms with van der Waals surface area (Å²) in [6, 6.07) is 2.56. The molecular formula is C11H20N2O. The lowest BCUT2D eigenvalue weighted by molar-refractivity contribution is -0.0973. The molecule has 0 amide bonds. The molecule has 0 saturated heterocycles. The Morgan fingerprint density at radius 1 is 1.29 bits per heavy atom. The smallest absolute Gasteiger partial charge is 0.0813 e. The lowest BCUT2D eigenvalue weighted by Gasteiger charge is -2.30. The third-order valence-corrected chi connectivity index (χ3v) is 2.45. The third kappa shape index (κ3) is 3.65. The summed E-state index contributed by atoms with van der Waals surface area (Å²) in [5, 5.41) is 8.95. The highest BCUT2D eigenvalue weighted by molar-refractivity contribution is 4.93. The maximum Gasteiger partial charge on any atom is 0.0813 e. The summed E-state index contributed by atoms with van der Waals surface area (Å²) >= 11 is 0. The van der Waals surface area contributed by atoms with E-state index in [1.54, 1.807) is 0 Å². The molecule has 0 aromatic carbocycles. The van der Waals surface area contributed by atoms with E-state index in [1.807, 2.05) is 20.8 Å². The second-order valence-electron chi connectivity index (χ2n) is 4.96. The van der Waals surface area contributed by atoms with Gasteiger partial charge in [0.15, 0.2) is 0 Å². The highest BCUT2D eigenvalue weighted by atomic mass is 16.7. The summed E-state index contributed by atoms with van der Waals surface area (Å²) in [5.41, 5.74) is 2.86. The van der Waals surface area contributed by atoms with Crippen LogP contribution >= 0.6 is 0 Å². The number of rotatable bonds is 2. The van der Waals surface area contributed by atoms with Crippen LogP contribution in [0.3, 0.4) is 0 Å². The van der Waals surface area contributed by atoms with E-state index >= 15 is 0 Å². The zero-order valence-electron chi connectivity index (χ0n) is 9.34. The van der Waals surface area contributed by atoms with Gasteiger partial charge in [-0.2, -0.15) is 10.7 Å². The summed E-state index contributed by atoms with van der Waals surface area (Å²) in [5.74, 6) is 0.117. The Hall–Kier alpha value is -0.590. The lowest BCUT2D eigenvalue weighted by atomic mass is 9.86. The maximum absolute atomic E-state index is 8.95. The fourth-order valence-corrected chi connectivity index (χ4v) is 1.68. The van der Waals surface area contributed by atoms with Gasteiger partial charge in [0.1, 0.15) is 0 Å². The molecule has 1 fully saturated rings. The average molecular weight is 196 g/mol. The maximum atomic E-state index is 8.95. The van der Waals surface area contributed by atoms with Gasteiger partial charge in [0.2, 0.25) is 0 Å². The number of nitrogens with zero attached hydrogens (tertiary/aromatic N) is 1. The van der Waals surface area contributed by atoms with E-state index in [-0.39, 0.29) is 17.6 Å². The van der Waals surface area contributed by atoms with Crippen molar-refractivity contribution in [1.82, 2.24) is 5.48 Å². The summed E-state index contributed by atoms with van der Waals surface area (Å²) in [6.07, 6.45) is 4.42. The molecular weight excluding hydrogens is 176 g/mol. The predicted octanol–water partition coefficient (Wildman–Crippen LogP) is 2.39. The standard InChI is InChI=1S/C11H20N2O/c1-11(2,3)14-13-10-7-5-4-6-9(10)8-12/h9-10,13H,4-7H2,1-3H3. The van der Waals surface area contributed by atoms with E-state index in [1.165, 1.54) is 12.8 Å².